The van der Waals surface area contributed by atoms with Crippen LogP contribution in [0.5, 0.6) is 0 Å². The number of nitrogens with zero attached hydrogens (tertiary/aromatic N) is 3. The fraction of sp³-hybridized carbons (Fsp3) is 0.280. The summed E-state index contributed by atoms with van der Waals surface area (Å²) >= 11 is 1.32. The zero-order valence-electron chi connectivity index (χ0n) is 19.1. The SMILES string of the molecule is Cc1nc(-c2ccco2)nc2sc(C(=O)Nc3cc(C(N)=O)ccc3N3CCCCC3)c(C)c12. The first-order valence-corrected chi connectivity index (χ1v) is 12.1. The summed E-state index contributed by atoms with van der Waals surface area (Å²) in [6.07, 6.45) is 4.96. The first kappa shape index (κ1) is 22.1. The van der Waals surface area contributed by atoms with E-state index in [1.54, 1.807) is 24.5 Å². The molecular formula is C25H25N5O3S. The fourth-order valence-corrected chi connectivity index (χ4v) is 5.58. The summed E-state index contributed by atoms with van der Waals surface area (Å²) in [4.78, 5) is 38.0. The summed E-state index contributed by atoms with van der Waals surface area (Å²) in [6, 6.07) is 8.83. The molecule has 8 nitrogen and oxygen atoms in total. The molecule has 1 saturated heterocycles. The molecule has 9 heteroatoms. The molecule has 0 spiro atoms. The minimum atomic E-state index is -0.532. The van der Waals surface area contributed by atoms with E-state index in [-0.39, 0.29) is 5.91 Å². The molecule has 3 N–H and O–H groups in total. The Morgan fingerprint density at radius 1 is 1.12 bits per heavy atom. The molecule has 5 rings (SSSR count). The van der Waals surface area contributed by atoms with Gasteiger partial charge >= 0.3 is 0 Å². The summed E-state index contributed by atoms with van der Waals surface area (Å²) in [5, 5.41) is 3.91. The van der Waals surface area contributed by atoms with Gasteiger partial charge in [-0.25, -0.2) is 9.97 Å². The van der Waals surface area contributed by atoms with Crippen molar-refractivity contribution in [1.29, 1.82) is 0 Å². The number of fused-ring (bicyclic) bond motifs is 1. The third-order valence-electron chi connectivity index (χ3n) is 6.14. The van der Waals surface area contributed by atoms with E-state index in [1.165, 1.54) is 17.8 Å². The van der Waals surface area contributed by atoms with Gasteiger partial charge in [0.1, 0.15) is 4.83 Å². The molecule has 1 aromatic carbocycles. The maximum absolute atomic E-state index is 13.4. The number of carbonyl (C=O) groups is 2. The van der Waals surface area contributed by atoms with Crippen LogP contribution in [0.1, 0.15) is 50.5 Å². The number of nitrogens with two attached hydrogens (primary N) is 1. The van der Waals surface area contributed by atoms with E-state index in [4.69, 9.17) is 10.2 Å². The lowest BCUT2D eigenvalue weighted by Gasteiger charge is -2.30. The molecule has 0 unspecified atom stereocenters. The van der Waals surface area contributed by atoms with Crippen LogP contribution in [0.3, 0.4) is 0 Å². The molecule has 0 atom stereocenters. The fourth-order valence-electron chi connectivity index (χ4n) is 4.45. The largest absolute Gasteiger partial charge is 0.461 e. The molecule has 1 fully saturated rings. The lowest BCUT2D eigenvalue weighted by atomic mass is 10.1. The predicted molar refractivity (Wildman–Crippen MR) is 134 cm³/mol. The van der Waals surface area contributed by atoms with Crippen molar-refractivity contribution in [2.24, 2.45) is 5.73 Å². The van der Waals surface area contributed by atoms with Gasteiger partial charge in [0.2, 0.25) is 5.91 Å². The van der Waals surface area contributed by atoms with E-state index in [0.29, 0.717) is 27.7 Å². The highest BCUT2D eigenvalue weighted by Gasteiger charge is 2.23. The number of thiophene rings is 1. The topological polar surface area (TPSA) is 114 Å². The predicted octanol–water partition coefficient (Wildman–Crippen LogP) is 4.91. The van der Waals surface area contributed by atoms with Crippen LogP contribution in [0, 0.1) is 13.8 Å². The minimum absolute atomic E-state index is 0.251. The van der Waals surface area contributed by atoms with Crippen molar-refractivity contribution in [3.05, 3.63) is 58.3 Å². The van der Waals surface area contributed by atoms with Gasteiger partial charge in [-0.05, 0) is 69.0 Å². The summed E-state index contributed by atoms with van der Waals surface area (Å²) in [7, 11) is 0. The number of benzene rings is 1. The Kier molecular flexibility index (Phi) is 5.79. The van der Waals surface area contributed by atoms with Crippen molar-refractivity contribution in [1.82, 2.24) is 9.97 Å². The molecule has 0 saturated carbocycles. The van der Waals surface area contributed by atoms with Crippen molar-refractivity contribution in [2.45, 2.75) is 33.1 Å². The molecule has 2 amide bonds. The molecule has 0 radical (unpaired) electrons. The first-order valence-electron chi connectivity index (χ1n) is 11.2. The molecular weight excluding hydrogens is 450 g/mol. The highest BCUT2D eigenvalue weighted by Crippen LogP contribution is 2.35. The average Bonchev–Trinajstić information content (AvgIpc) is 3.48. The molecule has 3 aromatic heterocycles. The highest BCUT2D eigenvalue weighted by molar-refractivity contribution is 7.20. The molecule has 4 aromatic rings. The standard InChI is InChI=1S/C25H25N5O3S/c1-14-20-15(2)27-23(19-7-6-12-33-19)29-25(20)34-21(14)24(32)28-17-13-16(22(26)31)8-9-18(17)30-10-4-3-5-11-30/h6-9,12-13H,3-5,10-11H2,1-2H3,(H2,26,31)(H,28,32). The van der Waals surface area contributed by atoms with Crippen LogP contribution < -0.4 is 16.0 Å². The van der Waals surface area contributed by atoms with Gasteiger partial charge in [-0.1, -0.05) is 0 Å². The molecule has 1 aliphatic rings. The van der Waals surface area contributed by atoms with E-state index in [0.717, 1.165) is 53.1 Å². The van der Waals surface area contributed by atoms with Crippen LogP contribution in [0.25, 0.3) is 21.8 Å². The normalized spacial score (nSPS) is 13.9. The van der Waals surface area contributed by atoms with Gasteiger partial charge in [-0.2, -0.15) is 0 Å². The Labute approximate surface area is 200 Å². The Morgan fingerprint density at radius 2 is 1.91 bits per heavy atom. The lowest BCUT2D eigenvalue weighted by molar-refractivity contribution is 0.0996. The number of carbonyl (C=O) groups excluding carboxylic acids is 2. The summed E-state index contributed by atoms with van der Waals surface area (Å²) in [5.74, 6) is 0.288. The zero-order valence-corrected chi connectivity index (χ0v) is 19.9. The number of hydrogen-bond donors (Lipinski definition) is 2. The monoisotopic (exact) mass is 475 g/mol. The highest BCUT2D eigenvalue weighted by atomic mass is 32.1. The van der Waals surface area contributed by atoms with Crippen molar-refractivity contribution < 1.29 is 14.0 Å². The van der Waals surface area contributed by atoms with Gasteiger partial charge in [-0.3, -0.25) is 9.59 Å². The first-order chi connectivity index (χ1) is 16.4. The second kappa shape index (κ2) is 8.90. The van der Waals surface area contributed by atoms with Crippen LogP contribution in [0.15, 0.2) is 41.0 Å². The number of nitrogens with one attached hydrogen (secondary N) is 1. The molecule has 174 valence electrons. The van der Waals surface area contributed by atoms with Gasteiger partial charge in [0.15, 0.2) is 11.6 Å². The number of piperidine rings is 1. The number of aromatic nitrogens is 2. The Morgan fingerprint density at radius 3 is 2.62 bits per heavy atom. The average molecular weight is 476 g/mol. The molecule has 34 heavy (non-hydrogen) atoms. The molecule has 4 heterocycles. The summed E-state index contributed by atoms with van der Waals surface area (Å²) < 4.78 is 5.45. The van der Waals surface area contributed by atoms with E-state index >= 15 is 0 Å². The van der Waals surface area contributed by atoms with Gasteiger partial charge in [0.05, 0.1) is 28.2 Å². The number of anilines is 2. The quantitative estimate of drug-likeness (QED) is 0.424. The number of primary amides is 1. The second-order valence-electron chi connectivity index (χ2n) is 8.44. The van der Waals surface area contributed by atoms with Crippen molar-refractivity contribution in [2.75, 3.05) is 23.3 Å². The van der Waals surface area contributed by atoms with E-state index < -0.39 is 5.91 Å². The third-order valence-corrected chi connectivity index (χ3v) is 7.33. The van der Waals surface area contributed by atoms with E-state index in [2.05, 4.69) is 20.2 Å². The Balaban J connectivity index is 1.52. The summed E-state index contributed by atoms with van der Waals surface area (Å²) in [6.45, 7) is 5.63. The van der Waals surface area contributed by atoms with Crippen LogP contribution in [0.4, 0.5) is 11.4 Å². The zero-order chi connectivity index (χ0) is 23.8. The Hall–Kier alpha value is -3.72. The maximum atomic E-state index is 13.4. The number of aryl methyl sites for hydroxylation is 2. The number of hydrogen-bond acceptors (Lipinski definition) is 7. The molecule has 1 aliphatic heterocycles. The number of rotatable bonds is 5. The van der Waals surface area contributed by atoms with Gasteiger partial charge < -0.3 is 20.4 Å². The minimum Gasteiger partial charge on any atom is -0.461 e. The van der Waals surface area contributed by atoms with Gasteiger partial charge in [0.25, 0.3) is 5.91 Å². The van der Waals surface area contributed by atoms with Gasteiger partial charge in [-0.15, -0.1) is 11.3 Å². The van der Waals surface area contributed by atoms with E-state index in [1.807, 2.05) is 26.0 Å². The van der Waals surface area contributed by atoms with Crippen LogP contribution in [0.2, 0.25) is 0 Å². The molecule has 0 bridgehead atoms. The van der Waals surface area contributed by atoms with Gasteiger partial charge in [0, 0.05) is 24.0 Å². The van der Waals surface area contributed by atoms with Crippen molar-refractivity contribution in [3.8, 4) is 11.6 Å². The summed E-state index contributed by atoms with van der Waals surface area (Å²) in [5.41, 5.74) is 8.96. The lowest BCUT2D eigenvalue weighted by Crippen LogP contribution is -2.30. The number of furan rings is 1. The van der Waals surface area contributed by atoms with Crippen LogP contribution >= 0.6 is 11.3 Å². The third kappa shape index (κ3) is 4.03. The maximum Gasteiger partial charge on any atom is 0.266 e. The molecule has 0 aliphatic carbocycles. The van der Waals surface area contributed by atoms with Crippen molar-refractivity contribution >= 4 is 44.7 Å². The Bertz CT molecular complexity index is 1390. The van der Waals surface area contributed by atoms with Crippen LogP contribution in [-0.4, -0.2) is 34.9 Å². The van der Waals surface area contributed by atoms with Crippen molar-refractivity contribution in [3.63, 3.8) is 0 Å². The van der Waals surface area contributed by atoms with Crippen LogP contribution in [-0.2, 0) is 0 Å². The number of amides is 2. The van der Waals surface area contributed by atoms with E-state index in [9.17, 15) is 9.59 Å². The smallest absolute Gasteiger partial charge is 0.266 e. The second-order valence-corrected chi connectivity index (χ2v) is 9.44.